The van der Waals surface area contributed by atoms with Gasteiger partial charge in [0.1, 0.15) is 0 Å². The van der Waals surface area contributed by atoms with Crippen molar-refractivity contribution in [1.82, 2.24) is 0 Å². The molecule has 0 spiro atoms. The van der Waals surface area contributed by atoms with Gasteiger partial charge in [-0.15, -0.1) is 0 Å². The van der Waals surface area contributed by atoms with Gasteiger partial charge >= 0.3 is 26.2 Å². The van der Waals surface area contributed by atoms with Crippen LogP contribution in [0.5, 0.6) is 0 Å². The quantitative estimate of drug-likeness (QED) is 0.336. The predicted molar refractivity (Wildman–Crippen MR) is 105 cm³/mol. The van der Waals surface area contributed by atoms with Gasteiger partial charge < -0.3 is 39.6 Å². The summed E-state index contributed by atoms with van der Waals surface area (Å²) < 4.78 is 0. The zero-order valence-corrected chi connectivity index (χ0v) is 19.2. The minimum Gasteiger partial charge on any atom is -0.545 e. The van der Waals surface area contributed by atoms with Crippen LogP contribution in [-0.4, -0.2) is 23.9 Å². The number of rotatable bonds is 4. The van der Waals surface area contributed by atoms with Gasteiger partial charge in [-0.1, -0.05) is 72.8 Å². The maximum Gasteiger partial charge on any atom is 4.00 e. The second kappa shape index (κ2) is 10.7. The van der Waals surface area contributed by atoms with Crippen LogP contribution in [0, 0.1) is 0 Å². The molecule has 0 aliphatic carbocycles. The maximum absolute atomic E-state index is 10.8. The Hall–Kier alpha value is -3.84. The summed E-state index contributed by atoms with van der Waals surface area (Å²) in [5, 5.41) is 44.6. The van der Waals surface area contributed by atoms with Crippen LogP contribution in [0.2, 0.25) is 0 Å². The largest absolute Gasteiger partial charge is 4.00 e. The molecule has 8 nitrogen and oxygen atoms in total. The molecule has 0 heterocycles. The Morgan fingerprint density at radius 3 is 0.727 bits per heavy atom. The van der Waals surface area contributed by atoms with E-state index in [2.05, 4.69) is 0 Å². The van der Waals surface area contributed by atoms with Gasteiger partial charge in [0.05, 0.1) is 23.9 Å². The third kappa shape index (κ3) is 5.33. The smallest absolute Gasteiger partial charge is 0.545 e. The van der Waals surface area contributed by atoms with E-state index < -0.39 is 23.9 Å². The second-order valence-corrected chi connectivity index (χ2v) is 6.56. The van der Waals surface area contributed by atoms with Crippen molar-refractivity contribution in [2.75, 3.05) is 0 Å². The molecule has 0 aliphatic rings. The van der Waals surface area contributed by atoms with Crippen LogP contribution in [0.4, 0.5) is 0 Å². The molecule has 4 aromatic rings. The molecule has 0 amide bonds. The van der Waals surface area contributed by atoms with E-state index in [1.54, 1.807) is 24.3 Å². The fourth-order valence-electron chi connectivity index (χ4n) is 3.31. The summed E-state index contributed by atoms with van der Waals surface area (Å²) >= 11 is 0. The summed E-state index contributed by atoms with van der Waals surface area (Å²) in [5.74, 6) is -5.33. The number of hydrogen-bond acceptors (Lipinski definition) is 8. The first-order valence-electron chi connectivity index (χ1n) is 9.11. The Bertz CT molecular complexity index is 1180. The third-order valence-electron chi connectivity index (χ3n) is 4.73. The van der Waals surface area contributed by atoms with E-state index in [9.17, 15) is 39.6 Å². The number of aromatic carboxylic acids is 4. The van der Waals surface area contributed by atoms with Gasteiger partial charge in [-0.2, -0.15) is 0 Å². The van der Waals surface area contributed by atoms with Crippen molar-refractivity contribution in [3.8, 4) is 0 Å². The molecule has 160 valence electrons. The van der Waals surface area contributed by atoms with Crippen LogP contribution in [0.1, 0.15) is 41.4 Å². The molecule has 4 aromatic carbocycles. The first kappa shape index (κ1) is 25.4. The minimum atomic E-state index is -1.33. The van der Waals surface area contributed by atoms with Crippen LogP contribution in [0.25, 0.3) is 21.5 Å². The van der Waals surface area contributed by atoms with Gasteiger partial charge in [-0.3, -0.25) is 0 Å². The van der Waals surface area contributed by atoms with Crippen molar-refractivity contribution in [2.24, 2.45) is 0 Å². The summed E-state index contributed by atoms with van der Waals surface area (Å²) in [5.41, 5.74) is -0.109. The number of fused-ring (bicyclic) bond motifs is 2. The molecule has 9 heteroatoms. The molecule has 33 heavy (non-hydrogen) atoms. The Balaban J connectivity index is 0.000000227. The normalized spacial score (nSPS) is 9.94. The first-order valence-corrected chi connectivity index (χ1v) is 9.11. The number of carbonyl (C=O) groups excluding carboxylic acids is 4. The Morgan fingerprint density at radius 2 is 0.576 bits per heavy atom. The van der Waals surface area contributed by atoms with Crippen molar-refractivity contribution < 1.29 is 65.8 Å². The van der Waals surface area contributed by atoms with Gasteiger partial charge in [-0.05, 0) is 21.5 Å². The molecular formula is C24H12O8Zr. The molecule has 0 radical (unpaired) electrons. The first-order chi connectivity index (χ1) is 15.2. The van der Waals surface area contributed by atoms with Crippen molar-refractivity contribution in [2.45, 2.75) is 0 Å². The zero-order valence-electron chi connectivity index (χ0n) is 16.7. The van der Waals surface area contributed by atoms with Gasteiger partial charge in [0, 0.05) is 22.3 Å². The molecule has 0 saturated carbocycles. The van der Waals surface area contributed by atoms with Crippen molar-refractivity contribution in [3.05, 3.63) is 95.1 Å². The third-order valence-corrected chi connectivity index (χ3v) is 4.73. The van der Waals surface area contributed by atoms with E-state index in [1.165, 1.54) is 48.5 Å². The molecule has 0 fully saturated rings. The molecular weight excluding hydrogens is 507 g/mol. The van der Waals surface area contributed by atoms with E-state index >= 15 is 0 Å². The molecule has 4 rings (SSSR count). The zero-order chi connectivity index (χ0) is 23.4. The standard InChI is InChI=1S/2C12H8O4.Zr/c2*13-11(14)9-5-6-10(12(15)16)8-4-2-1-3-7(8)9;/h2*1-6H,(H,13,14)(H,15,16);/q;;+4/p-4. The van der Waals surface area contributed by atoms with Crippen molar-refractivity contribution in [1.29, 1.82) is 0 Å². The van der Waals surface area contributed by atoms with E-state index in [0.29, 0.717) is 21.5 Å². The fraction of sp³-hybridized carbons (Fsp3) is 0. The summed E-state index contributed by atoms with van der Waals surface area (Å²) in [6.45, 7) is 0. The number of hydrogen-bond donors (Lipinski definition) is 0. The SMILES string of the molecule is O=C([O-])c1ccc(C(=O)[O-])c2ccccc12.O=C([O-])c1ccc(C(=O)[O-])c2ccccc12.[Zr+4]. The van der Waals surface area contributed by atoms with Crippen molar-refractivity contribution >= 4 is 45.4 Å². The number of carboxylic acids is 4. The van der Waals surface area contributed by atoms with Crippen LogP contribution in [-0.2, 0) is 26.2 Å². The minimum absolute atomic E-state index is 0. The van der Waals surface area contributed by atoms with Gasteiger partial charge in [-0.25, -0.2) is 0 Å². The van der Waals surface area contributed by atoms with Gasteiger partial charge in [0.2, 0.25) is 0 Å². The van der Waals surface area contributed by atoms with E-state index in [0.717, 1.165) is 0 Å². The molecule has 0 atom stereocenters. The molecule has 0 bridgehead atoms. The van der Waals surface area contributed by atoms with E-state index in [4.69, 9.17) is 0 Å². The summed E-state index contributed by atoms with van der Waals surface area (Å²) in [6, 6.07) is 17.5. The van der Waals surface area contributed by atoms with Gasteiger partial charge in [0.25, 0.3) is 0 Å². The molecule has 0 aliphatic heterocycles. The number of benzene rings is 4. The molecule has 0 N–H and O–H groups in total. The Morgan fingerprint density at radius 1 is 0.394 bits per heavy atom. The van der Waals surface area contributed by atoms with Gasteiger partial charge in [0.15, 0.2) is 0 Å². The van der Waals surface area contributed by atoms with Crippen LogP contribution in [0.3, 0.4) is 0 Å². The van der Waals surface area contributed by atoms with Crippen LogP contribution in [0.15, 0.2) is 72.8 Å². The summed E-state index contributed by atoms with van der Waals surface area (Å²) in [6.07, 6.45) is 0. The van der Waals surface area contributed by atoms with Crippen LogP contribution >= 0.6 is 0 Å². The molecule has 0 aromatic heterocycles. The van der Waals surface area contributed by atoms with E-state index in [-0.39, 0.29) is 48.5 Å². The summed E-state index contributed by atoms with van der Waals surface area (Å²) in [4.78, 5) is 43.3. The monoisotopic (exact) mass is 518 g/mol. The predicted octanol–water partition coefficient (Wildman–Crippen LogP) is -0.869. The van der Waals surface area contributed by atoms with Crippen LogP contribution < -0.4 is 20.4 Å². The number of carbonyl (C=O) groups is 4. The van der Waals surface area contributed by atoms with E-state index in [1.807, 2.05) is 0 Å². The topological polar surface area (TPSA) is 161 Å². The Kier molecular flexibility index (Phi) is 8.21. The fourth-order valence-corrected chi connectivity index (χ4v) is 3.31. The average Bonchev–Trinajstić information content (AvgIpc) is 2.77. The summed E-state index contributed by atoms with van der Waals surface area (Å²) in [7, 11) is 0. The number of carboxylic acid groups (broad SMARTS) is 4. The average molecular weight is 520 g/mol. The van der Waals surface area contributed by atoms with Crippen molar-refractivity contribution in [3.63, 3.8) is 0 Å². The molecule has 0 saturated heterocycles. The Labute approximate surface area is 205 Å². The maximum atomic E-state index is 10.8. The second-order valence-electron chi connectivity index (χ2n) is 6.56. The molecule has 0 unspecified atom stereocenters.